The fourth-order valence-electron chi connectivity index (χ4n) is 2.66. The van der Waals surface area contributed by atoms with Gasteiger partial charge >= 0.3 is 0 Å². The lowest BCUT2D eigenvalue weighted by Gasteiger charge is -2.23. The monoisotopic (exact) mass is 298 g/mol. The summed E-state index contributed by atoms with van der Waals surface area (Å²) in [4.78, 5) is 12.9. The van der Waals surface area contributed by atoms with E-state index in [1.54, 1.807) is 11.3 Å². The molecule has 1 aromatic rings. The molecule has 104 valence electrons. The number of carbonyl (C=O) groups is 1. The van der Waals surface area contributed by atoms with Crippen LogP contribution in [0, 0.1) is 5.92 Å². The van der Waals surface area contributed by atoms with E-state index >= 15 is 0 Å². The van der Waals surface area contributed by atoms with Crippen molar-refractivity contribution in [3.8, 4) is 0 Å². The van der Waals surface area contributed by atoms with Gasteiger partial charge in [-0.05, 0) is 43.7 Å². The van der Waals surface area contributed by atoms with Crippen molar-refractivity contribution in [3.63, 3.8) is 0 Å². The highest BCUT2D eigenvalue weighted by Gasteiger charge is 2.29. The molecule has 0 aliphatic heterocycles. The highest BCUT2D eigenvalue weighted by molar-refractivity contribution is 7.16. The van der Waals surface area contributed by atoms with Crippen LogP contribution in [0.5, 0.6) is 0 Å². The van der Waals surface area contributed by atoms with Gasteiger partial charge in [0.15, 0.2) is 0 Å². The van der Waals surface area contributed by atoms with E-state index in [-0.39, 0.29) is 5.91 Å². The Hall–Kier alpha value is -0.580. The highest BCUT2D eigenvalue weighted by atomic mass is 35.5. The zero-order valence-corrected chi connectivity index (χ0v) is 12.4. The van der Waals surface area contributed by atoms with Gasteiger partial charge in [0.25, 0.3) is 0 Å². The summed E-state index contributed by atoms with van der Waals surface area (Å²) in [5.41, 5.74) is 1.37. The van der Waals surface area contributed by atoms with Crippen LogP contribution in [0.4, 0.5) is 0 Å². The predicted octanol–water partition coefficient (Wildman–Crippen LogP) is 2.89. The van der Waals surface area contributed by atoms with Gasteiger partial charge in [-0.25, -0.2) is 0 Å². The Bertz CT molecular complexity index is 470. The minimum absolute atomic E-state index is 0.227. The molecule has 1 heterocycles. The fourth-order valence-corrected chi connectivity index (χ4v) is 4.04. The van der Waals surface area contributed by atoms with Crippen LogP contribution in [-0.4, -0.2) is 19.0 Å². The van der Waals surface area contributed by atoms with E-state index < -0.39 is 0 Å². The molecule has 1 fully saturated rings. The number of fused-ring (bicyclic) bond motifs is 1. The van der Waals surface area contributed by atoms with Crippen LogP contribution in [0.2, 0.25) is 4.34 Å². The smallest absolute Gasteiger partial charge is 0.223 e. The molecule has 1 aromatic heterocycles. The molecule has 1 unspecified atom stereocenters. The molecule has 2 aliphatic carbocycles. The molecular weight excluding hydrogens is 280 g/mol. The topological polar surface area (TPSA) is 41.1 Å². The van der Waals surface area contributed by atoms with Crippen molar-refractivity contribution in [1.29, 1.82) is 0 Å². The van der Waals surface area contributed by atoms with Crippen LogP contribution in [-0.2, 0) is 11.2 Å². The second kappa shape index (κ2) is 5.81. The summed E-state index contributed by atoms with van der Waals surface area (Å²) in [5.74, 6) is 0.529. The first-order chi connectivity index (χ1) is 9.24. The number of nitrogens with one attached hydrogen (secondary N) is 2. The molecular formula is C14H19ClN2OS. The van der Waals surface area contributed by atoms with Crippen molar-refractivity contribution in [2.75, 3.05) is 13.1 Å². The number of thiophene rings is 1. The van der Waals surface area contributed by atoms with E-state index in [0.29, 0.717) is 12.0 Å². The van der Waals surface area contributed by atoms with Crippen molar-refractivity contribution < 1.29 is 4.79 Å². The van der Waals surface area contributed by atoms with Crippen molar-refractivity contribution in [3.05, 3.63) is 20.8 Å². The summed E-state index contributed by atoms with van der Waals surface area (Å²) in [5, 5.41) is 6.53. The second-order valence-corrected chi connectivity index (χ2v) is 7.16. The van der Waals surface area contributed by atoms with Crippen molar-refractivity contribution >= 4 is 28.8 Å². The molecule has 0 bridgehead atoms. The largest absolute Gasteiger partial charge is 0.355 e. The Morgan fingerprint density at radius 1 is 1.37 bits per heavy atom. The third-order valence-electron chi connectivity index (χ3n) is 3.85. The first kappa shape index (κ1) is 13.4. The minimum atomic E-state index is 0.227. The Kier molecular flexibility index (Phi) is 4.10. The molecule has 3 nitrogen and oxygen atoms in total. The molecule has 19 heavy (non-hydrogen) atoms. The molecule has 0 spiro atoms. The number of halogens is 1. The summed E-state index contributed by atoms with van der Waals surface area (Å²) in [6.45, 7) is 1.55. The standard InChI is InChI=1S/C14H19ClN2OS/c15-13-8-10-11(2-1-3-12(10)19-13)16-6-7-17-14(18)9-4-5-9/h8-9,11,16H,1-7H2,(H,17,18). The van der Waals surface area contributed by atoms with Gasteiger partial charge in [-0.1, -0.05) is 11.6 Å². The van der Waals surface area contributed by atoms with Gasteiger partial charge in [-0.15, -0.1) is 11.3 Å². The van der Waals surface area contributed by atoms with Crippen LogP contribution in [0.1, 0.15) is 42.2 Å². The molecule has 0 radical (unpaired) electrons. The minimum Gasteiger partial charge on any atom is -0.355 e. The van der Waals surface area contributed by atoms with Crippen molar-refractivity contribution in [1.82, 2.24) is 10.6 Å². The van der Waals surface area contributed by atoms with E-state index in [1.165, 1.54) is 16.9 Å². The quantitative estimate of drug-likeness (QED) is 0.821. The average Bonchev–Trinajstić information content (AvgIpc) is 3.16. The third-order valence-corrected chi connectivity index (χ3v) is 5.19. The summed E-state index contributed by atoms with van der Waals surface area (Å²) < 4.78 is 0.890. The average molecular weight is 299 g/mol. The lowest BCUT2D eigenvalue weighted by atomic mass is 9.94. The molecule has 2 N–H and O–H groups in total. The summed E-state index contributed by atoms with van der Waals surface area (Å²) in [6.07, 6.45) is 5.67. The van der Waals surface area contributed by atoms with Gasteiger partial charge in [0, 0.05) is 29.9 Å². The molecule has 0 saturated heterocycles. The zero-order valence-electron chi connectivity index (χ0n) is 10.9. The number of aryl methyl sites for hydroxylation is 1. The van der Waals surface area contributed by atoms with Crippen LogP contribution >= 0.6 is 22.9 Å². The van der Waals surface area contributed by atoms with Crippen LogP contribution in [0.25, 0.3) is 0 Å². The molecule has 1 amide bonds. The number of amides is 1. The maximum absolute atomic E-state index is 11.5. The maximum atomic E-state index is 11.5. The van der Waals surface area contributed by atoms with Crippen LogP contribution in [0.3, 0.4) is 0 Å². The van der Waals surface area contributed by atoms with E-state index in [4.69, 9.17) is 11.6 Å². The second-order valence-electron chi connectivity index (χ2n) is 5.39. The van der Waals surface area contributed by atoms with Gasteiger partial charge in [0.1, 0.15) is 0 Å². The summed E-state index contributed by atoms with van der Waals surface area (Å²) in [6, 6.07) is 2.51. The number of rotatable bonds is 5. The van der Waals surface area contributed by atoms with Gasteiger partial charge in [-0.3, -0.25) is 4.79 Å². The molecule has 0 aromatic carbocycles. The molecule has 2 aliphatic rings. The van der Waals surface area contributed by atoms with E-state index in [0.717, 1.165) is 43.1 Å². The van der Waals surface area contributed by atoms with Gasteiger partial charge in [0.2, 0.25) is 5.91 Å². The molecule has 1 atom stereocenters. The first-order valence-corrected chi connectivity index (χ1v) is 8.22. The third kappa shape index (κ3) is 3.30. The van der Waals surface area contributed by atoms with Gasteiger partial charge < -0.3 is 10.6 Å². The fraction of sp³-hybridized carbons (Fsp3) is 0.643. The van der Waals surface area contributed by atoms with Gasteiger partial charge in [-0.2, -0.15) is 0 Å². The van der Waals surface area contributed by atoms with E-state index in [9.17, 15) is 4.79 Å². The normalized spacial score (nSPS) is 22.1. The Morgan fingerprint density at radius 2 is 2.21 bits per heavy atom. The Morgan fingerprint density at radius 3 is 3.00 bits per heavy atom. The van der Waals surface area contributed by atoms with Crippen molar-refractivity contribution in [2.45, 2.75) is 38.1 Å². The summed E-state index contributed by atoms with van der Waals surface area (Å²) in [7, 11) is 0. The Labute approximate surface area is 122 Å². The van der Waals surface area contributed by atoms with Gasteiger partial charge in [0.05, 0.1) is 4.34 Å². The summed E-state index contributed by atoms with van der Waals surface area (Å²) >= 11 is 7.80. The zero-order chi connectivity index (χ0) is 13.2. The lowest BCUT2D eigenvalue weighted by molar-refractivity contribution is -0.122. The SMILES string of the molecule is O=C(NCCNC1CCCc2sc(Cl)cc21)C1CC1. The molecule has 3 rings (SSSR count). The Balaban J connectivity index is 1.46. The number of hydrogen-bond acceptors (Lipinski definition) is 3. The van der Waals surface area contributed by atoms with Crippen molar-refractivity contribution in [2.24, 2.45) is 5.92 Å². The predicted molar refractivity (Wildman–Crippen MR) is 78.7 cm³/mol. The number of carbonyl (C=O) groups excluding carboxylic acids is 1. The number of hydrogen-bond donors (Lipinski definition) is 2. The maximum Gasteiger partial charge on any atom is 0.223 e. The van der Waals surface area contributed by atoms with Crippen LogP contribution in [0.15, 0.2) is 6.07 Å². The first-order valence-electron chi connectivity index (χ1n) is 7.03. The van der Waals surface area contributed by atoms with E-state index in [2.05, 4.69) is 16.7 Å². The van der Waals surface area contributed by atoms with Crippen LogP contribution < -0.4 is 10.6 Å². The molecule has 5 heteroatoms. The highest BCUT2D eigenvalue weighted by Crippen LogP contribution is 2.37. The lowest BCUT2D eigenvalue weighted by Crippen LogP contribution is -2.35. The molecule has 1 saturated carbocycles. The van der Waals surface area contributed by atoms with E-state index in [1.807, 2.05) is 0 Å².